The third-order valence-corrected chi connectivity index (χ3v) is 3.03. The van der Waals surface area contributed by atoms with Crippen LogP contribution in [0.5, 0.6) is 5.75 Å². The van der Waals surface area contributed by atoms with Crippen molar-refractivity contribution in [3.63, 3.8) is 0 Å². The van der Waals surface area contributed by atoms with E-state index >= 15 is 0 Å². The van der Waals surface area contributed by atoms with E-state index in [-0.39, 0.29) is 6.04 Å². The minimum Gasteiger partial charge on any atom is -0.493 e. The highest BCUT2D eigenvalue weighted by Crippen LogP contribution is 2.27. The molecule has 0 aliphatic rings. The van der Waals surface area contributed by atoms with Gasteiger partial charge in [0.2, 0.25) is 0 Å². The Morgan fingerprint density at radius 1 is 1.44 bits per heavy atom. The Labute approximate surface area is 109 Å². The molecule has 0 fully saturated rings. The molecule has 1 atom stereocenters. The molecular weight excluding hydrogens is 230 g/mol. The van der Waals surface area contributed by atoms with Crippen LogP contribution >= 0.6 is 0 Å². The summed E-state index contributed by atoms with van der Waals surface area (Å²) in [5, 5.41) is 7.67. The molecule has 0 amide bonds. The maximum Gasteiger partial charge on any atom is 0.161 e. The average Bonchev–Trinajstić information content (AvgIpc) is 2.82. The number of nitrogens with zero attached hydrogens (tertiary/aromatic N) is 2. The van der Waals surface area contributed by atoms with Crippen LogP contribution in [0.2, 0.25) is 0 Å². The summed E-state index contributed by atoms with van der Waals surface area (Å²) in [6, 6.07) is 0.253. The zero-order valence-electron chi connectivity index (χ0n) is 11.9. The highest BCUT2D eigenvalue weighted by molar-refractivity contribution is 5.28. The zero-order valence-corrected chi connectivity index (χ0v) is 11.9. The molecule has 1 unspecified atom stereocenters. The second-order valence-corrected chi connectivity index (χ2v) is 4.09. The second-order valence-electron chi connectivity index (χ2n) is 4.09. The fourth-order valence-corrected chi connectivity index (χ4v) is 2.09. The summed E-state index contributed by atoms with van der Waals surface area (Å²) < 4.78 is 12.7. The first kappa shape index (κ1) is 15.0. The first-order valence-corrected chi connectivity index (χ1v) is 6.63. The molecule has 0 aliphatic heterocycles. The Hall–Kier alpha value is -1.07. The number of methoxy groups -OCH3 is 1. The predicted octanol–water partition coefficient (Wildman–Crippen LogP) is 1.99. The van der Waals surface area contributed by atoms with E-state index in [9.17, 15) is 0 Å². The molecule has 5 heteroatoms. The maximum atomic E-state index is 5.38. The summed E-state index contributed by atoms with van der Waals surface area (Å²) in [5.74, 6) is 0.854. The summed E-state index contributed by atoms with van der Waals surface area (Å²) >= 11 is 0. The van der Waals surface area contributed by atoms with Gasteiger partial charge in [-0.1, -0.05) is 0 Å². The maximum absolute atomic E-state index is 5.38. The molecule has 104 valence electrons. The van der Waals surface area contributed by atoms with Crippen LogP contribution in [0.15, 0.2) is 6.20 Å². The first-order valence-electron chi connectivity index (χ1n) is 6.63. The molecule has 18 heavy (non-hydrogen) atoms. The fraction of sp³-hybridized carbons (Fsp3) is 0.769. The zero-order chi connectivity index (χ0) is 13.4. The van der Waals surface area contributed by atoms with Gasteiger partial charge < -0.3 is 14.8 Å². The lowest BCUT2D eigenvalue weighted by atomic mass is 10.1. The quantitative estimate of drug-likeness (QED) is 0.686. The first-order chi connectivity index (χ1) is 8.78. The molecule has 0 aliphatic carbocycles. The van der Waals surface area contributed by atoms with Gasteiger partial charge in [-0.3, -0.25) is 4.68 Å². The van der Waals surface area contributed by atoms with Crippen LogP contribution in [0, 0.1) is 0 Å². The Morgan fingerprint density at radius 3 is 2.78 bits per heavy atom. The van der Waals surface area contributed by atoms with Crippen molar-refractivity contribution in [2.75, 3.05) is 27.4 Å². The molecule has 1 heterocycles. The average molecular weight is 255 g/mol. The number of aryl methyl sites for hydroxylation is 1. The normalized spacial score (nSPS) is 12.7. The molecule has 0 saturated carbocycles. The van der Waals surface area contributed by atoms with Crippen LogP contribution in [0.1, 0.15) is 38.4 Å². The van der Waals surface area contributed by atoms with Crippen LogP contribution < -0.4 is 10.1 Å². The van der Waals surface area contributed by atoms with Gasteiger partial charge in [-0.2, -0.15) is 5.10 Å². The van der Waals surface area contributed by atoms with Gasteiger partial charge in [0.05, 0.1) is 25.0 Å². The van der Waals surface area contributed by atoms with Crippen LogP contribution in [0.3, 0.4) is 0 Å². The van der Waals surface area contributed by atoms with Gasteiger partial charge in [-0.15, -0.1) is 0 Å². The monoisotopic (exact) mass is 255 g/mol. The highest BCUT2D eigenvalue weighted by atomic mass is 16.5. The van der Waals surface area contributed by atoms with Crippen LogP contribution in [0.4, 0.5) is 0 Å². The summed E-state index contributed by atoms with van der Waals surface area (Å²) in [6.07, 6.45) is 3.82. The van der Waals surface area contributed by atoms with Crippen molar-refractivity contribution in [2.45, 2.75) is 39.3 Å². The molecule has 0 aromatic carbocycles. The fourth-order valence-electron chi connectivity index (χ4n) is 2.09. The van der Waals surface area contributed by atoms with Crippen molar-refractivity contribution in [3.8, 4) is 5.75 Å². The molecule has 0 saturated heterocycles. The number of rotatable bonds is 9. The SMILES string of the molecule is CCOCCCC(NC)c1c(OC)cnn1CC. The van der Waals surface area contributed by atoms with E-state index in [1.165, 1.54) is 0 Å². The van der Waals surface area contributed by atoms with Crippen molar-refractivity contribution in [2.24, 2.45) is 0 Å². The minimum absolute atomic E-state index is 0.253. The number of hydrogen-bond acceptors (Lipinski definition) is 4. The van der Waals surface area contributed by atoms with Gasteiger partial charge in [0.25, 0.3) is 0 Å². The smallest absolute Gasteiger partial charge is 0.161 e. The second kappa shape index (κ2) is 8.11. The number of hydrogen-bond donors (Lipinski definition) is 1. The van der Waals surface area contributed by atoms with E-state index in [0.717, 1.165) is 44.0 Å². The standard InChI is InChI=1S/C13H25N3O2/c1-5-16-13(12(17-4)10-15-16)11(14-3)8-7-9-18-6-2/h10-11,14H,5-9H2,1-4H3. The Morgan fingerprint density at radius 2 is 2.22 bits per heavy atom. The number of ether oxygens (including phenoxy) is 2. The molecule has 0 spiro atoms. The minimum atomic E-state index is 0.253. The van der Waals surface area contributed by atoms with Crippen molar-refractivity contribution in [1.29, 1.82) is 0 Å². The van der Waals surface area contributed by atoms with Gasteiger partial charge in [0.1, 0.15) is 0 Å². The molecule has 0 radical (unpaired) electrons. The van der Waals surface area contributed by atoms with E-state index in [0.29, 0.717) is 0 Å². The van der Waals surface area contributed by atoms with Crippen molar-refractivity contribution in [3.05, 3.63) is 11.9 Å². The molecular formula is C13H25N3O2. The third-order valence-electron chi connectivity index (χ3n) is 3.03. The summed E-state index contributed by atoms with van der Waals surface area (Å²) in [6.45, 7) is 6.54. The lowest BCUT2D eigenvalue weighted by Gasteiger charge is -2.18. The van der Waals surface area contributed by atoms with E-state index in [1.807, 2.05) is 18.7 Å². The van der Waals surface area contributed by atoms with Crippen molar-refractivity contribution >= 4 is 0 Å². The van der Waals surface area contributed by atoms with Gasteiger partial charge in [-0.05, 0) is 33.7 Å². The van der Waals surface area contributed by atoms with Gasteiger partial charge >= 0.3 is 0 Å². The molecule has 0 bridgehead atoms. The molecule has 1 aromatic heterocycles. The van der Waals surface area contributed by atoms with Crippen LogP contribution in [0.25, 0.3) is 0 Å². The largest absolute Gasteiger partial charge is 0.493 e. The van der Waals surface area contributed by atoms with Crippen LogP contribution in [-0.4, -0.2) is 37.2 Å². The van der Waals surface area contributed by atoms with E-state index in [1.54, 1.807) is 13.3 Å². The van der Waals surface area contributed by atoms with Gasteiger partial charge in [0.15, 0.2) is 5.75 Å². The van der Waals surface area contributed by atoms with Crippen molar-refractivity contribution in [1.82, 2.24) is 15.1 Å². The highest BCUT2D eigenvalue weighted by Gasteiger charge is 2.19. The summed E-state index contributed by atoms with van der Waals surface area (Å²) in [7, 11) is 3.66. The summed E-state index contributed by atoms with van der Waals surface area (Å²) in [5.41, 5.74) is 1.12. The topological polar surface area (TPSA) is 48.3 Å². The van der Waals surface area contributed by atoms with E-state index in [4.69, 9.17) is 9.47 Å². The Bertz CT molecular complexity index is 317. The lowest BCUT2D eigenvalue weighted by molar-refractivity contribution is 0.140. The molecule has 1 N–H and O–H groups in total. The number of aromatic nitrogens is 2. The Kier molecular flexibility index (Phi) is 6.75. The van der Waals surface area contributed by atoms with Gasteiger partial charge in [0, 0.05) is 19.8 Å². The molecule has 1 rings (SSSR count). The predicted molar refractivity (Wildman–Crippen MR) is 72.0 cm³/mol. The van der Waals surface area contributed by atoms with Gasteiger partial charge in [-0.25, -0.2) is 0 Å². The number of nitrogens with one attached hydrogen (secondary N) is 1. The van der Waals surface area contributed by atoms with Crippen molar-refractivity contribution < 1.29 is 9.47 Å². The Balaban J connectivity index is 2.70. The molecule has 5 nitrogen and oxygen atoms in total. The van der Waals surface area contributed by atoms with Crippen LogP contribution in [-0.2, 0) is 11.3 Å². The van der Waals surface area contributed by atoms with E-state index < -0.39 is 0 Å². The lowest BCUT2D eigenvalue weighted by Crippen LogP contribution is -2.21. The van der Waals surface area contributed by atoms with E-state index in [2.05, 4.69) is 17.3 Å². The summed E-state index contributed by atoms with van der Waals surface area (Å²) in [4.78, 5) is 0. The third kappa shape index (κ3) is 3.71. The molecule has 1 aromatic rings.